The molecule has 1 N–H and O–H groups in total. The van der Waals surface area contributed by atoms with E-state index in [0.29, 0.717) is 22.5 Å². The van der Waals surface area contributed by atoms with Crippen LogP contribution < -0.4 is 14.4 Å². The number of methoxy groups -OCH3 is 1. The number of benzene rings is 4. The molecule has 4 rings (SSSR count). The number of halogens is 2. The van der Waals surface area contributed by atoms with Crippen LogP contribution in [-0.2, 0) is 32.6 Å². The summed E-state index contributed by atoms with van der Waals surface area (Å²) in [6, 6.07) is 27.5. The lowest BCUT2D eigenvalue weighted by Crippen LogP contribution is -2.53. The second-order valence-corrected chi connectivity index (χ2v) is 15.3. The maximum Gasteiger partial charge on any atom is 0.264 e. The van der Waals surface area contributed by atoms with E-state index in [4.69, 9.17) is 4.74 Å². The van der Waals surface area contributed by atoms with Crippen LogP contribution >= 0.6 is 31.9 Å². The highest BCUT2D eigenvalue weighted by atomic mass is 79.9. The standard InChI is InChI=1S/C36H39Br2N3O5S/c1-25(2)22-39-36(43)33(20-27-9-6-5-7-10-27)40(23-28-11-8-12-29(37)19-28)35(42)24-41(30-15-13-26(3)14-16-30)47(44,45)31-17-18-34(46-4)32(38)21-31/h5-19,21,25,33H,20,22-24H2,1-4H3,(H,39,43)/t33-/m1/s1. The molecule has 0 bridgehead atoms. The van der Waals surface area contributed by atoms with Crippen LogP contribution in [0.5, 0.6) is 5.75 Å². The van der Waals surface area contributed by atoms with Crippen LogP contribution in [0.25, 0.3) is 0 Å². The number of carbonyl (C=O) groups excluding carboxylic acids is 2. The van der Waals surface area contributed by atoms with Crippen molar-refractivity contribution in [3.05, 3.63) is 123 Å². The number of hydrogen-bond acceptors (Lipinski definition) is 5. The van der Waals surface area contributed by atoms with E-state index in [1.54, 1.807) is 30.3 Å². The molecule has 0 saturated carbocycles. The Labute approximate surface area is 294 Å². The Bertz CT molecular complexity index is 1780. The van der Waals surface area contributed by atoms with Gasteiger partial charge in [0.25, 0.3) is 10.0 Å². The Hall–Kier alpha value is -3.67. The van der Waals surface area contributed by atoms with Gasteiger partial charge in [0, 0.05) is 24.0 Å². The summed E-state index contributed by atoms with van der Waals surface area (Å²) in [5.41, 5.74) is 2.91. The molecule has 0 aromatic heterocycles. The van der Waals surface area contributed by atoms with Gasteiger partial charge in [-0.25, -0.2) is 8.42 Å². The first-order valence-electron chi connectivity index (χ1n) is 15.2. The highest BCUT2D eigenvalue weighted by Gasteiger charge is 2.35. The lowest BCUT2D eigenvalue weighted by atomic mass is 10.0. The second kappa shape index (κ2) is 16.4. The van der Waals surface area contributed by atoms with Gasteiger partial charge in [0.15, 0.2) is 0 Å². The molecule has 0 saturated heterocycles. The normalized spacial score (nSPS) is 12.0. The third-order valence-corrected chi connectivity index (χ3v) is 10.4. The molecule has 0 heterocycles. The molecule has 248 valence electrons. The Balaban J connectivity index is 1.81. The molecule has 2 amide bonds. The van der Waals surface area contributed by atoms with Gasteiger partial charge in [0.05, 0.1) is 22.2 Å². The summed E-state index contributed by atoms with van der Waals surface area (Å²) in [6.45, 7) is 5.88. The van der Waals surface area contributed by atoms with Gasteiger partial charge >= 0.3 is 0 Å². The molecular formula is C36H39Br2N3O5S. The summed E-state index contributed by atoms with van der Waals surface area (Å²) in [4.78, 5) is 30.0. The third kappa shape index (κ3) is 9.68. The fourth-order valence-electron chi connectivity index (χ4n) is 4.98. The van der Waals surface area contributed by atoms with Crippen LogP contribution in [0.4, 0.5) is 5.69 Å². The zero-order chi connectivity index (χ0) is 34.1. The number of sulfonamides is 1. The fraction of sp³-hybridized carbons (Fsp3) is 0.278. The van der Waals surface area contributed by atoms with Crippen molar-refractivity contribution in [1.29, 1.82) is 0 Å². The zero-order valence-corrected chi connectivity index (χ0v) is 30.8. The van der Waals surface area contributed by atoms with Gasteiger partial charge in [-0.05, 0) is 82.4 Å². The van der Waals surface area contributed by atoms with Crippen molar-refractivity contribution in [3.8, 4) is 5.75 Å². The first kappa shape index (κ1) is 36.2. The Morgan fingerprint density at radius 1 is 0.872 bits per heavy atom. The monoisotopic (exact) mass is 783 g/mol. The first-order chi connectivity index (χ1) is 22.4. The Kier molecular flexibility index (Phi) is 12.6. The molecular weight excluding hydrogens is 746 g/mol. The summed E-state index contributed by atoms with van der Waals surface area (Å²) in [5, 5.41) is 3.01. The molecule has 0 aliphatic heterocycles. The molecule has 4 aromatic rings. The van der Waals surface area contributed by atoms with Crippen LogP contribution in [0.3, 0.4) is 0 Å². The molecule has 47 heavy (non-hydrogen) atoms. The van der Waals surface area contributed by atoms with Gasteiger partial charge in [-0.3, -0.25) is 13.9 Å². The van der Waals surface area contributed by atoms with E-state index in [1.807, 2.05) is 75.4 Å². The minimum atomic E-state index is -4.26. The third-order valence-electron chi connectivity index (χ3n) is 7.51. The molecule has 11 heteroatoms. The summed E-state index contributed by atoms with van der Waals surface area (Å²) in [5.74, 6) is -0.174. The molecule has 0 unspecified atom stereocenters. The molecule has 0 aliphatic carbocycles. The van der Waals surface area contributed by atoms with Crippen molar-refractivity contribution in [2.45, 2.75) is 44.7 Å². The SMILES string of the molecule is COc1ccc(S(=O)(=O)N(CC(=O)N(Cc2cccc(Br)c2)[C@H](Cc2ccccc2)C(=O)NCC(C)C)c2ccc(C)cc2)cc1Br. The number of carbonyl (C=O) groups is 2. The minimum Gasteiger partial charge on any atom is -0.496 e. The fourth-order valence-corrected chi connectivity index (χ4v) is 7.56. The molecule has 0 spiro atoms. The lowest BCUT2D eigenvalue weighted by Gasteiger charge is -2.34. The predicted molar refractivity (Wildman–Crippen MR) is 193 cm³/mol. The lowest BCUT2D eigenvalue weighted by molar-refractivity contribution is -0.140. The quantitative estimate of drug-likeness (QED) is 0.147. The summed E-state index contributed by atoms with van der Waals surface area (Å²) in [6.07, 6.45) is 0.243. The average Bonchev–Trinajstić information content (AvgIpc) is 3.05. The van der Waals surface area contributed by atoms with Crippen LogP contribution in [-0.4, -0.2) is 51.4 Å². The smallest absolute Gasteiger partial charge is 0.264 e. The van der Waals surface area contributed by atoms with Crippen molar-refractivity contribution >= 4 is 59.4 Å². The largest absolute Gasteiger partial charge is 0.496 e. The van der Waals surface area contributed by atoms with Crippen LogP contribution in [0.1, 0.15) is 30.5 Å². The minimum absolute atomic E-state index is 0.0207. The topological polar surface area (TPSA) is 96.0 Å². The van der Waals surface area contributed by atoms with Crippen LogP contribution in [0, 0.1) is 12.8 Å². The van der Waals surface area contributed by atoms with E-state index in [0.717, 1.165) is 25.5 Å². The molecule has 0 radical (unpaired) electrons. The maximum atomic E-state index is 14.6. The summed E-state index contributed by atoms with van der Waals surface area (Å²) in [7, 11) is -2.76. The molecule has 1 atom stereocenters. The number of aryl methyl sites for hydroxylation is 1. The summed E-state index contributed by atoms with van der Waals surface area (Å²) < 4.78 is 36.3. The van der Waals surface area contributed by atoms with E-state index in [1.165, 1.54) is 24.1 Å². The van der Waals surface area contributed by atoms with Crippen molar-refractivity contribution in [3.63, 3.8) is 0 Å². The van der Waals surface area contributed by atoms with Gasteiger partial charge in [0.1, 0.15) is 18.3 Å². The van der Waals surface area contributed by atoms with Crippen molar-refractivity contribution < 1.29 is 22.7 Å². The molecule has 8 nitrogen and oxygen atoms in total. The van der Waals surface area contributed by atoms with E-state index in [2.05, 4.69) is 37.2 Å². The van der Waals surface area contributed by atoms with Crippen LogP contribution in [0.15, 0.2) is 111 Å². The van der Waals surface area contributed by atoms with Crippen molar-refractivity contribution in [1.82, 2.24) is 10.2 Å². The van der Waals surface area contributed by atoms with E-state index in [9.17, 15) is 18.0 Å². The number of anilines is 1. The molecule has 0 fully saturated rings. The second-order valence-electron chi connectivity index (χ2n) is 11.6. The van der Waals surface area contributed by atoms with Gasteiger partial charge in [-0.1, -0.05) is 89.9 Å². The maximum absolute atomic E-state index is 14.6. The van der Waals surface area contributed by atoms with Gasteiger partial charge < -0.3 is 15.0 Å². The number of hydrogen-bond donors (Lipinski definition) is 1. The average molecular weight is 786 g/mol. The highest BCUT2D eigenvalue weighted by Crippen LogP contribution is 2.31. The molecule has 4 aromatic carbocycles. The number of rotatable bonds is 14. The number of amides is 2. The number of nitrogens with one attached hydrogen (secondary N) is 1. The van der Waals surface area contributed by atoms with Gasteiger partial charge in [-0.15, -0.1) is 0 Å². The van der Waals surface area contributed by atoms with E-state index in [-0.39, 0.29) is 29.7 Å². The van der Waals surface area contributed by atoms with Crippen molar-refractivity contribution in [2.75, 3.05) is 24.5 Å². The van der Waals surface area contributed by atoms with Crippen molar-refractivity contribution in [2.24, 2.45) is 5.92 Å². The summed E-state index contributed by atoms with van der Waals surface area (Å²) >= 11 is 6.90. The zero-order valence-electron chi connectivity index (χ0n) is 26.8. The number of nitrogens with zero attached hydrogens (tertiary/aromatic N) is 2. The Morgan fingerprint density at radius 3 is 2.17 bits per heavy atom. The molecule has 0 aliphatic rings. The van der Waals surface area contributed by atoms with Gasteiger partial charge in [-0.2, -0.15) is 0 Å². The highest BCUT2D eigenvalue weighted by molar-refractivity contribution is 9.10. The predicted octanol–water partition coefficient (Wildman–Crippen LogP) is 7.14. The van der Waals surface area contributed by atoms with Gasteiger partial charge in [0.2, 0.25) is 11.8 Å². The van der Waals surface area contributed by atoms with Crippen LogP contribution in [0.2, 0.25) is 0 Å². The number of ether oxygens (including phenoxy) is 1. The van der Waals surface area contributed by atoms with E-state index >= 15 is 0 Å². The van der Waals surface area contributed by atoms with E-state index < -0.39 is 28.5 Å². The Morgan fingerprint density at radius 2 is 1.55 bits per heavy atom. The first-order valence-corrected chi connectivity index (χ1v) is 18.2.